The summed E-state index contributed by atoms with van der Waals surface area (Å²) in [6.45, 7) is 7.50. The molecule has 1 aliphatic rings. The molecule has 1 N–H and O–H groups in total. The summed E-state index contributed by atoms with van der Waals surface area (Å²) in [7, 11) is 0. The minimum Gasteiger partial charge on any atom is -0.380 e. The third kappa shape index (κ3) is 10.4. The minimum atomic E-state index is 0.725. The van der Waals surface area contributed by atoms with Gasteiger partial charge in [-0.25, -0.2) is 0 Å². The van der Waals surface area contributed by atoms with Crippen molar-refractivity contribution in [2.75, 3.05) is 19.8 Å². The van der Waals surface area contributed by atoms with E-state index in [9.17, 15) is 0 Å². The second-order valence-electron chi connectivity index (χ2n) is 6.16. The molecule has 1 aliphatic carbocycles. The maximum Gasteiger partial charge on any atom is 0.0591 e. The van der Waals surface area contributed by atoms with Gasteiger partial charge in [-0.1, -0.05) is 52.4 Å². The average molecular weight is 269 g/mol. The first-order chi connectivity index (χ1) is 9.36. The van der Waals surface area contributed by atoms with Crippen molar-refractivity contribution < 1.29 is 4.74 Å². The fourth-order valence-corrected chi connectivity index (χ4v) is 2.50. The summed E-state index contributed by atoms with van der Waals surface area (Å²) in [5.41, 5.74) is 0. The Morgan fingerprint density at radius 1 is 1.00 bits per heavy atom. The molecule has 0 heterocycles. The zero-order valence-corrected chi connectivity index (χ0v) is 13.3. The molecule has 0 aromatic carbocycles. The van der Waals surface area contributed by atoms with Crippen LogP contribution in [0.1, 0.15) is 78.1 Å². The molecule has 2 nitrogen and oxygen atoms in total. The van der Waals surface area contributed by atoms with Crippen molar-refractivity contribution in [2.45, 2.75) is 84.1 Å². The second kappa shape index (κ2) is 11.7. The maximum absolute atomic E-state index is 5.70. The van der Waals surface area contributed by atoms with Crippen LogP contribution in [0.15, 0.2) is 0 Å². The molecule has 0 radical (unpaired) electrons. The molecule has 0 aromatic rings. The van der Waals surface area contributed by atoms with Gasteiger partial charge in [0.1, 0.15) is 0 Å². The Kier molecular flexibility index (Phi) is 10.5. The lowest BCUT2D eigenvalue weighted by molar-refractivity contribution is 0.123. The van der Waals surface area contributed by atoms with Crippen LogP contribution in [0.4, 0.5) is 0 Å². The van der Waals surface area contributed by atoms with E-state index >= 15 is 0 Å². The van der Waals surface area contributed by atoms with E-state index in [4.69, 9.17) is 4.74 Å². The quantitative estimate of drug-likeness (QED) is 0.468. The summed E-state index contributed by atoms with van der Waals surface area (Å²) in [5.74, 6) is 0.893. The van der Waals surface area contributed by atoms with Crippen LogP contribution in [0.3, 0.4) is 0 Å². The second-order valence-corrected chi connectivity index (χ2v) is 6.16. The lowest BCUT2D eigenvalue weighted by atomic mass is 10.0. The summed E-state index contributed by atoms with van der Waals surface area (Å²) in [4.78, 5) is 0. The largest absolute Gasteiger partial charge is 0.380 e. The lowest BCUT2D eigenvalue weighted by Gasteiger charge is -2.18. The topological polar surface area (TPSA) is 21.3 Å². The molecule has 0 amide bonds. The molecule has 0 aromatic heterocycles. The van der Waals surface area contributed by atoms with Gasteiger partial charge in [0.05, 0.1) is 6.61 Å². The minimum absolute atomic E-state index is 0.725. The molecular weight excluding hydrogens is 234 g/mol. The van der Waals surface area contributed by atoms with Gasteiger partial charge in [-0.3, -0.25) is 0 Å². The van der Waals surface area contributed by atoms with Crippen molar-refractivity contribution in [3.63, 3.8) is 0 Å². The van der Waals surface area contributed by atoms with Crippen LogP contribution in [0, 0.1) is 5.92 Å². The number of hydrogen-bond donors (Lipinski definition) is 1. The number of hydrogen-bond acceptors (Lipinski definition) is 2. The molecule has 0 bridgehead atoms. The van der Waals surface area contributed by atoms with E-state index in [1.807, 2.05) is 0 Å². The zero-order chi connectivity index (χ0) is 13.8. The van der Waals surface area contributed by atoms with E-state index < -0.39 is 0 Å². The van der Waals surface area contributed by atoms with E-state index in [1.54, 1.807) is 0 Å². The van der Waals surface area contributed by atoms with Crippen molar-refractivity contribution in [1.82, 2.24) is 5.32 Å². The molecule has 0 unspecified atom stereocenters. The molecule has 1 rings (SSSR count). The zero-order valence-electron chi connectivity index (χ0n) is 13.3. The summed E-state index contributed by atoms with van der Waals surface area (Å²) in [6.07, 6.45) is 13.6. The fourth-order valence-electron chi connectivity index (χ4n) is 2.50. The Hall–Kier alpha value is -0.0800. The third-order valence-electron chi connectivity index (χ3n) is 4.04. The van der Waals surface area contributed by atoms with Crippen molar-refractivity contribution in [3.05, 3.63) is 0 Å². The van der Waals surface area contributed by atoms with Crippen LogP contribution in [-0.2, 0) is 4.74 Å². The smallest absolute Gasteiger partial charge is 0.0591 e. The van der Waals surface area contributed by atoms with Crippen molar-refractivity contribution in [3.8, 4) is 0 Å². The average Bonchev–Trinajstić information content (AvgIpc) is 3.22. The van der Waals surface area contributed by atoms with Gasteiger partial charge in [0, 0.05) is 19.2 Å². The van der Waals surface area contributed by atoms with Gasteiger partial charge >= 0.3 is 0 Å². The van der Waals surface area contributed by atoms with Crippen molar-refractivity contribution in [1.29, 1.82) is 0 Å². The van der Waals surface area contributed by atoms with Crippen LogP contribution in [0.2, 0.25) is 0 Å². The number of ether oxygens (including phenoxy) is 1. The Morgan fingerprint density at radius 3 is 2.16 bits per heavy atom. The van der Waals surface area contributed by atoms with E-state index in [0.717, 1.165) is 31.7 Å². The predicted molar refractivity (Wildman–Crippen MR) is 83.6 cm³/mol. The van der Waals surface area contributed by atoms with Gasteiger partial charge in [0.2, 0.25) is 0 Å². The Balaban J connectivity index is 1.99. The maximum atomic E-state index is 5.70. The fraction of sp³-hybridized carbons (Fsp3) is 1.00. The lowest BCUT2D eigenvalue weighted by Crippen LogP contribution is -2.32. The van der Waals surface area contributed by atoms with Crippen LogP contribution in [-0.4, -0.2) is 25.8 Å². The Bertz CT molecular complexity index is 182. The molecule has 1 saturated carbocycles. The van der Waals surface area contributed by atoms with E-state index in [0.29, 0.717) is 0 Å². The number of nitrogens with one attached hydrogen (secondary N) is 1. The van der Waals surface area contributed by atoms with Gasteiger partial charge in [-0.05, 0) is 31.6 Å². The highest BCUT2D eigenvalue weighted by molar-refractivity contribution is 4.72. The first-order valence-corrected chi connectivity index (χ1v) is 8.68. The van der Waals surface area contributed by atoms with E-state index in [-0.39, 0.29) is 0 Å². The number of unbranched alkanes of at least 4 members (excludes halogenated alkanes) is 4. The molecule has 114 valence electrons. The first-order valence-electron chi connectivity index (χ1n) is 8.68. The molecule has 1 fully saturated rings. The standard InChI is InChI=1S/C17H35NO/c1-3-5-7-9-17(10-8-6-4-2)18-13-14-19-15-16-11-12-16/h16-18H,3-15H2,1-2H3. The molecule has 19 heavy (non-hydrogen) atoms. The summed E-state index contributed by atoms with van der Waals surface area (Å²) in [6, 6.07) is 0.725. The molecular formula is C17H35NO. The van der Waals surface area contributed by atoms with E-state index in [2.05, 4.69) is 19.2 Å². The van der Waals surface area contributed by atoms with Crippen molar-refractivity contribution in [2.24, 2.45) is 5.92 Å². The SMILES string of the molecule is CCCCCC(CCCCC)NCCOCC1CC1. The molecule has 0 aliphatic heterocycles. The van der Waals surface area contributed by atoms with Gasteiger partial charge in [0.15, 0.2) is 0 Å². The molecule has 0 saturated heterocycles. The van der Waals surface area contributed by atoms with Gasteiger partial charge < -0.3 is 10.1 Å². The third-order valence-corrected chi connectivity index (χ3v) is 4.04. The van der Waals surface area contributed by atoms with Gasteiger partial charge in [0.25, 0.3) is 0 Å². The summed E-state index contributed by atoms with van der Waals surface area (Å²) in [5, 5.41) is 3.71. The van der Waals surface area contributed by atoms with Crippen LogP contribution in [0.25, 0.3) is 0 Å². The van der Waals surface area contributed by atoms with Crippen LogP contribution < -0.4 is 5.32 Å². The van der Waals surface area contributed by atoms with Crippen LogP contribution >= 0.6 is 0 Å². The molecule has 0 spiro atoms. The predicted octanol–water partition coefficient (Wildman–Crippen LogP) is 4.53. The summed E-state index contributed by atoms with van der Waals surface area (Å²) >= 11 is 0. The Morgan fingerprint density at radius 2 is 1.63 bits per heavy atom. The van der Waals surface area contributed by atoms with Crippen LogP contribution in [0.5, 0.6) is 0 Å². The Labute approximate surface area is 120 Å². The highest BCUT2D eigenvalue weighted by Crippen LogP contribution is 2.28. The highest BCUT2D eigenvalue weighted by atomic mass is 16.5. The van der Waals surface area contributed by atoms with E-state index in [1.165, 1.54) is 64.2 Å². The molecule has 2 heteroatoms. The molecule has 0 atom stereocenters. The van der Waals surface area contributed by atoms with Gasteiger partial charge in [-0.15, -0.1) is 0 Å². The first kappa shape index (κ1) is 17.0. The van der Waals surface area contributed by atoms with Crippen molar-refractivity contribution >= 4 is 0 Å². The highest BCUT2D eigenvalue weighted by Gasteiger charge is 2.20. The monoisotopic (exact) mass is 269 g/mol. The summed E-state index contributed by atoms with van der Waals surface area (Å²) < 4.78 is 5.70. The number of rotatable bonds is 14. The van der Waals surface area contributed by atoms with Gasteiger partial charge in [-0.2, -0.15) is 0 Å². The normalized spacial score (nSPS) is 15.3.